The summed E-state index contributed by atoms with van der Waals surface area (Å²) in [6, 6.07) is 26.7. The molecule has 3 aromatic rings. The van der Waals surface area contributed by atoms with Gasteiger partial charge in [0.05, 0.1) is 22.8 Å². The number of nitrogens with zero attached hydrogens (tertiary/aromatic N) is 4. The highest BCUT2D eigenvalue weighted by atomic mass is 16.2. The van der Waals surface area contributed by atoms with Crippen LogP contribution >= 0.6 is 0 Å². The second-order valence-corrected chi connectivity index (χ2v) is 9.18. The highest BCUT2D eigenvalue weighted by Gasteiger charge is 2.91. The maximum absolute atomic E-state index is 14.3. The van der Waals surface area contributed by atoms with Crippen LogP contribution in [-0.4, -0.2) is 23.2 Å². The van der Waals surface area contributed by atoms with E-state index in [1.807, 2.05) is 106 Å². The van der Waals surface area contributed by atoms with E-state index in [2.05, 4.69) is 0 Å². The van der Waals surface area contributed by atoms with Crippen molar-refractivity contribution in [1.82, 2.24) is 0 Å². The molecule has 34 heavy (non-hydrogen) atoms. The van der Waals surface area contributed by atoms with Gasteiger partial charge in [-0.05, 0) is 56.2 Å². The summed E-state index contributed by atoms with van der Waals surface area (Å²) in [5.74, 6) is -0.736. The predicted molar refractivity (Wildman–Crippen MR) is 133 cm³/mol. The lowest BCUT2D eigenvalue weighted by Crippen LogP contribution is -2.40. The minimum absolute atomic E-state index is 0.178. The Bertz CT molecular complexity index is 1310. The standard InChI is InChI=1S/C28H24N4O2/c1-18-12-10-11-17-23(18)24-27(19(2)29-31(25(27)33)21-13-6-4-7-14-21)28(24)20(3)30-32(26(28)34)22-15-8-5-9-16-22/h4-17,24H,1-3H3/t27-,28-/m0/s1. The van der Waals surface area contributed by atoms with Gasteiger partial charge in [-0.1, -0.05) is 60.7 Å². The number of rotatable bonds is 3. The van der Waals surface area contributed by atoms with Gasteiger partial charge < -0.3 is 0 Å². The van der Waals surface area contributed by atoms with E-state index in [4.69, 9.17) is 10.2 Å². The summed E-state index contributed by atoms with van der Waals surface area (Å²) in [7, 11) is 0. The Balaban J connectivity index is 1.55. The molecule has 0 N–H and O–H groups in total. The number of aryl methyl sites for hydroxylation is 1. The Hall–Kier alpha value is -4.06. The Labute approximate surface area is 198 Å². The maximum Gasteiger partial charge on any atom is 0.261 e. The van der Waals surface area contributed by atoms with Crippen LogP contribution < -0.4 is 10.0 Å². The molecule has 0 aromatic heterocycles. The Morgan fingerprint density at radius 1 is 0.618 bits per heavy atom. The molecule has 1 aliphatic carbocycles. The summed E-state index contributed by atoms with van der Waals surface area (Å²) >= 11 is 0. The van der Waals surface area contributed by atoms with Crippen molar-refractivity contribution in [2.45, 2.75) is 26.7 Å². The quantitative estimate of drug-likeness (QED) is 0.571. The molecule has 2 amide bonds. The predicted octanol–water partition coefficient (Wildman–Crippen LogP) is 4.91. The minimum atomic E-state index is -1.11. The molecule has 1 fully saturated rings. The monoisotopic (exact) mass is 448 g/mol. The molecule has 3 aromatic carbocycles. The van der Waals surface area contributed by atoms with Crippen LogP contribution in [0.15, 0.2) is 95.1 Å². The van der Waals surface area contributed by atoms with E-state index in [0.29, 0.717) is 22.8 Å². The SMILES string of the molecule is CC1=NN(c2ccccc2)C(=O)[C@@]12C(c1ccccc1C)[C@@]21C(=O)N(c2ccccc2)N=C1C. The third-order valence-electron chi connectivity index (χ3n) is 7.61. The lowest BCUT2D eigenvalue weighted by molar-refractivity contribution is -0.126. The average Bonchev–Trinajstić information content (AvgIpc) is 3.33. The molecule has 6 rings (SSSR count). The van der Waals surface area contributed by atoms with Crippen LogP contribution in [0.1, 0.15) is 30.9 Å². The van der Waals surface area contributed by atoms with Gasteiger partial charge in [0.2, 0.25) is 0 Å². The van der Waals surface area contributed by atoms with Crippen molar-refractivity contribution < 1.29 is 9.59 Å². The van der Waals surface area contributed by atoms with Gasteiger partial charge in [0.1, 0.15) is 10.8 Å². The fourth-order valence-electron chi connectivity index (χ4n) is 6.11. The maximum atomic E-state index is 14.3. The fourth-order valence-corrected chi connectivity index (χ4v) is 6.11. The number of anilines is 2. The van der Waals surface area contributed by atoms with Crippen LogP contribution in [0.2, 0.25) is 0 Å². The average molecular weight is 449 g/mol. The second kappa shape index (κ2) is 6.97. The molecule has 2 aliphatic heterocycles. The third kappa shape index (κ3) is 2.30. The van der Waals surface area contributed by atoms with E-state index in [1.165, 1.54) is 10.0 Å². The van der Waals surface area contributed by atoms with Crippen LogP contribution in [-0.2, 0) is 9.59 Å². The number of hydrazone groups is 2. The van der Waals surface area contributed by atoms with Gasteiger partial charge in [0.25, 0.3) is 11.8 Å². The number of amides is 2. The van der Waals surface area contributed by atoms with Crippen LogP contribution in [0, 0.1) is 17.8 Å². The molecule has 6 heteroatoms. The first-order valence-corrected chi connectivity index (χ1v) is 11.4. The van der Waals surface area contributed by atoms with Gasteiger partial charge in [-0.15, -0.1) is 0 Å². The lowest BCUT2D eigenvalue weighted by atomic mass is 9.85. The number of fused-ring (bicyclic) bond motifs is 1. The summed E-state index contributed by atoms with van der Waals surface area (Å²) in [5, 5.41) is 12.4. The number of para-hydroxylation sites is 2. The largest absolute Gasteiger partial charge is 0.271 e. The molecule has 2 spiro atoms. The number of benzene rings is 3. The number of carbonyl (C=O) groups is 2. The molecule has 3 aliphatic rings. The van der Waals surface area contributed by atoms with Gasteiger partial charge >= 0.3 is 0 Å². The van der Waals surface area contributed by atoms with E-state index >= 15 is 0 Å². The smallest absolute Gasteiger partial charge is 0.261 e. The van der Waals surface area contributed by atoms with Crippen molar-refractivity contribution in [3.63, 3.8) is 0 Å². The fraction of sp³-hybridized carbons (Fsp3) is 0.214. The molecule has 6 nitrogen and oxygen atoms in total. The molecule has 0 radical (unpaired) electrons. The van der Waals surface area contributed by atoms with Crippen molar-refractivity contribution in [2.24, 2.45) is 21.0 Å². The summed E-state index contributed by atoms with van der Waals surface area (Å²) in [6.07, 6.45) is 0. The van der Waals surface area contributed by atoms with Crippen molar-refractivity contribution >= 4 is 34.6 Å². The topological polar surface area (TPSA) is 65.3 Å². The van der Waals surface area contributed by atoms with Crippen LogP contribution in [0.3, 0.4) is 0 Å². The van der Waals surface area contributed by atoms with Crippen LogP contribution in [0.4, 0.5) is 11.4 Å². The summed E-state index contributed by atoms with van der Waals surface area (Å²) in [4.78, 5) is 28.6. The lowest BCUT2D eigenvalue weighted by Gasteiger charge is -2.18. The van der Waals surface area contributed by atoms with Crippen LogP contribution in [0.5, 0.6) is 0 Å². The molecular weight excluding hydrogens is 424 g/mol. The number of hydrogen-bond donors (Lipinski definition) is 0. The van der Waals surface area contributed by atoms with Crippen molar-refractivity contribution in [3.8, 4) is 0 Å². The summed E-state index contributed by atoms with van der Waals surface area (Å²) in [5.41, 5.74) is 2.48. The number of carbonyl (C=O) groups excluding carboxylic acids is 2. The first-order chi connectivity index (χ1) is 16.5. The van der Waals surface area contributed by atoms with Gasteiger partial charge in [0.15, 0.2) is 0 Å². The Morgan fingerprint density at radius 2 is 1.03 bits per heavy atom. The van der Waals surface area contributed by atoms with E-state index in [-0.39, 0.29) is 17.7 Å². The van der Waals surface area contributed by atoms with Crippen molar-refractivity contribution in [1.29, 1.82) is 0 Å². The zero-order chi connectivity index (χ0) is 23.7. The second-order valence-electron chi connectivity index (χ2n) is 9.18. The minimum Gasteiger partial charge on any atom is -0.271 e. The van der Waals surface area contributed by atoms with E-state index in [9.17, 15) is 9.59 Å². The van der Waals surface area contributed by atoms with E-state index in [1.54, 1.807) is 0 Å². The third-order valence-corrected chi connectivity index (χ3v) is 7.61. The normalized spacial score (nSPS) is 27.6. The zero-order valence-corrected chi connectivity index (χ0v) is 19.3. The van der Waals surface area contributed by atoms with Gasteiger partial charge in [0, 0.05) is 5.92 Å². The highest BCUT2D eigenvalue weighted by Crippen LogP contribution is 2.79. The molecular formula is C28H24N4O2. The zero-order valence-electron chi connectivity index (χ0n) is 19.3. The van der Waals surface area contributed by atoms with Gasteiger partial charge in [-0.3, -0.25) is 9.59 Å². The Kier molecular flexibility index (Phi) is 4.21. The molecule has 168 valence electrons. The molecule has 0 unspecified atom stereocenters. The van der Waals surface area contributed by atoms with Crippen LogP contribution in [0.25, 0.3) is 0 Å². The van der Waals surface area contributed by atoms with Crippen molar-refractivity contribution in [2.75, 3.05) is 10.0 Å². The molecule has 2 heterocycles. The van der Waals surface area contributed by atoms with Gasteiger partial charge in [-0.25, -0.2) is 0 Å². The molecule has 0 saturated heterocycles. The summed E-state index contributed by atoms with van der Waals surface area (Å²) in [6.45, 7) is 5.76. The summed E-state index contributed by atoms with van der Waals surface area (Å²) < 4.78 is 0. The van der Waals surface area contributed by atoms with Crippen molar-refractivity contribution in [3.05, 3.63) is 96.1 Å². The van der Waals surface area contributed by atoms with Gasteiger partial charge in [-0.2, -0.15) is 20.2 Å². The molecule has 0 bridgehead atoms. The molecule has 2 atom stereocenters. The van der Waals surface area contributed by atoms with E-state index in [0.717, 1.165) is 11.1 Å². The first kappa shape index (κ1) is 20.5. The van der Waals surface area contributed by atoms with E-state index < -0.39 is 10.8 Å². The molecule has 1 saturated carbocycles. The highest BCUT2D eigenvalue weighted by molar-refractivity contribution is 6.37. The number of hydrogen-bond acceptors (Lipinski definition) is 4. The Morgan fingerprint density at radius 3 is 1.47 bits per heavy atom. The first-order valence-electron chi connectivity index (χ1n) is 11.4.